The number of hydrogen-bond donors (Lipinski definition) is 1. The number of methoxy groups -OCH3 is 1. The molecule has 2 unspecified atom stereocenters. The van der Waals surface area contributed by atoms with Crippen molar-refractivity contribution in [2.24, 2.45) is 5.92 Å². The summed E-state index contributed by atoms with van der Waals surface area (Å²) in [5.74, 6) is 1.20. The fourth-order valence-corrected chi connectivity index (χ4v) is 5.39. The summed E-state index contributed by atoms with van der Waals surface area (Å²) >= 11 is 0. The molecule has 8 heteroatoms. The minimum Gasteiger partial charge on any atom is -0.497 e. The first-order valence-corrected chi connectivity index (χ1v) is 13.8. The summed E-state index contributed by atoms with van der Waals surface area (Å²) < 4.78 is 31.1. The van der Waals surface area contributed by atoms with Gasteiger partial charge < -0.3 is 15.0 Å². The number of sulfonamides is 1. The number of anilines is 2. The zero-order chi connectivity index (χ0) is 24.7. The third-order valence-electron chi connectivity index (χ3n) is 6.30. The number of rotatable bonds is 10. The summed E-state index contributed by atoms with van der Waals surface area (Å²) in [6.07, 6.45) is 4.34. The topological polar surface area (TPSA) is 79.0 Å². The lowest BCUT2D eigenvalue weighted by molar-refractivity contribution is -0.121. The molecule has 1 saturated heterocycles. The highest BCUT2D eigenvalue weighted by molar-refractivity contribution is 7.92. The molecule has 2 atom stereocenters. The lowest BCUT2D eigenvalue weighted by atomic mass is 9.99. The van der Waals surface area contributed by atoms with Crippen molar-refractivity contribution < 1.29 is 17.9 Å². The van der Waals surface area contributed by atoms with Gasteiger partial charge in [0.25, 0.3) is 0 Å². The quantitative estimate of drug-likeness (QED) is 0.539. The van der Waals surface area contributed by atoms with Crippen LogP contribution in [0.25, 0.3) is 0 Å². The number of hydrogen-bond acceptors (Lipinski definition) is 5. The Bertz CT molecular complexity index is 1060. The van der Waals surface area contributed by atoms with Gasteiger partial charge in [-0.2, -0.15) is 0 Å². The third-order valence-corrected chi connectivity index (χ3v) is 7.49. The van der Waals surface area contributed by atoms with E-state index in [2.05, 4.69) is 41.4 Å². The summed E-state index contributed by atoms with van der Waals surface area (Å²) in [6, 6.07) is 15.2. The van der Waals surface area contributed by atoms with Crippen LogP contribution in [0.15, 0.2) is 48.5 Å². The summed E-state index contributed by atoms with van der Waals surface area (Å²) in [5.41, 5.74) is 2.81. The molecular formula is C26H37N3O4S. The SMILES string of the molecule is COc1cccc(N(CCCC(=O)NC(C)c2ccc(N3CCCC(C)C3)cc2)S(C)(=O)=O)c1. The van der Waals surface area contributed by atoms with E-state index in [1.54, 1.807) is 24.3 Å². The Balaban J connectivity index is 1.52. The number of carbonyl (C=O) groups is 1. The monoisotopic (exact) mass is 487 g/mol. The Kier molecular flexibility index (Phi) is 8.83. The largest absolute Gasteiger partial charge is 0.497 e. The van der Waals surface area contributed by atoms with Crippen LogP contribution in [0.5, 0.6) is 5.75 Å². The summed E-state index contributed by atoms with van der Waals surface area (Å²) in [4.78, 5) is 15.0. The van der Waals surface area contributed by atoms with E-state index >= 15 is 0 Å². The van der Waals surface area contributed by atoms with Gasteiger partial charge in [0.2, 0.25) is 15.9 Å². The first kappa shape index (κ1) is 25.9. The maximum Gasteiger partial charge on any atom is 0.232 e. The molecule has 2 aromatic carbocycles. The van der Waals surface area contributed by atoms with Crippen LogP contribution in [-0.2, 0) is 14.8 Å². The Hall–Kier alpha value is -2.74. The number of ether oxygens (including phenoxy) is 1. The van der Waals surface area contributed by atoms with Gasteiger partial charge in [-0.1, -0.05) is 25.1 Å². The predicted octanol–water partition coefficient (Wildman–Crippen LogP) is 4.36. The van der Waals surface area contributed by atoms with Gasteiger partial charge in [0.15, 0.2) is 0 Å². The molecule has 0 aliphatic carbocycles. The standard InChI is InChI=1S/C26H37N3O4S/c1-20-8-6-16-28(19-20)23-14-12-22(13-15-23)21(2)27-26(30)11-7-17-29(34(4,31)32)24-9-5-10-25(18-24)33-3/h5,9-10,12-15,18,20-21H,6-8,11,16-17,19H2,1-4H3,(H,27,30). The smallest absolute Gasteiger partial charge is 0.232 e. The molecule has 1 aliphatic heterocycles. The maximum absolute atomic E-state index is 12.5. The Morgan fingerprint density at radius 3 is 2.62 bits per heavy atom. The second-order valence-corrected chi connectivity index (χ2v) is 11.1. The minimum atomic E-state index is -3.48. The predicted molar refractivity (Wildman–Crippen MR) is 138 cm³/mol. The highest BCUT2D eigenvalue weighted by Crippen LogP contribution is 2.25. The average Bonchev–Trinajstić information content (AvgIpc) is 2.81. The van der Waals surface area contributed by atoms with E-state index in [0.717, 1.165) is 18.7 Å². The van der Waals surface area contributed by atoms with Crippen LogP contribution in [0.3, 0.4) is 0 Å². The maximum atomic E-state index is 12.5. The molecule has 3 rings (SSSR count). The average molecular weight is 488 g/mol. The Morgan fingerprint density at radius 2 is 1.97 bits per heavy atom. The molecule has 0 spiro atoms. The van der Waals surface area contributed by atoms with Crippen LogP contribution in [0, 0.1) is 5.92 Å². The molecule has 1 fully saturated rings. The van der Waals surface area contributed by atoms with E-state index < -0.39 is 10.0 Å². The van der Waals surface area contributed by atoms with Crippen molar-refractivity contribution in [2.45, 2.75) is 45.6 Å². The lowest BCUT2D eigenvalue weighted by Gasteiger charge is -2.33. The zero-order valence-corrected chi connectivity index (χ0v) is 21.5. The first-order valence-electron chi connectivity index (χ1n) is 11.9. The molecule has 1 amide bonds. The minimum absolute atomic E-state index is 0.0967. The number of nitrogens with zero attached hydrogens (tertiary/aromatic N) is 2. The van der Waals surface area contributed by atoms with Crippen LogP contribution in [0.2, 0.25) is 0 Å². The highest BCUT2D eigenvalue weighted by atomic mass is 32.2. The van der Waals surface area contributed by atoms with Crippen molar-refractivity contribution >= 4 is 27.3 Å². The number of carbonyl (C=O) groups excluding carboxylic acids is 1. The lowest BCUT2D eigenvalue weighted by Crippen LogP contribution is -2.34. The molecule has 1 N–H and O–H groups in total. The van der Waals surface area contributed by atoms with Gasteiger partial charge in [-0.3, -0.25) is 9.10 Å². The molecule has 0 saturated carbocycles. The van der Waals surface area contributed by atoms with E-state index in [1.807, 2.05) is 6.92 Å². The number of amides is 1. The summed E-state index contributed by atoms with van der Waals surface area (Å²) in [6.45, 7) is 6.66. The van der Waals surface area contributed by atoms with Crippen molar-refractivity contribution in [1.82, 2.24) is 5.32 Å². The second-order valence-electron chi connectivity index (χ2n) is 9.21. The molecule has 0 bridgehead atoms. The van der Waals surface area contributed by atoms with Crippen LogP contribution in [0.4, 0.5) is 11.4 Å². The van der Waals surface area contributed by atoms with Crippen LogP contribution in [-0.4, -0.2) is 47.3 Å². The highest BCUT2D eigenvalue weighted by Gasteiger charge is 2.19. The fraction of sp³-hybridized carbons (Fsp3) is 0.500. The summed E-state index contributed by atoms with van der Waals surface area (Å²) in [7, 11) is -1.94. The van der Waals surface area contributed by atoms with E-state index in [9.17, 15) is 13.2 Å². The van der Waals surface area contributed by atoms with Gasteiger partial charge in [0, 0.05) is 37.8 Å². The molecular weight excluding hydrogens is 450 g/mol. The van der Waals surface area contributed by atoms with E-state index in [0.29, 0.717) is 23.8 Å². The molecule has 186 valence electrons. The first-order chi connectivity index (χ1) is 16.2. The van der Waals surface area contributed by atoms with Crippen LogP contribution in [0.1, 0.15) is 51.1 Å². The number of piperidine rings is 1. The van der Waals surface area contributed by atoms with Crippen molar-refractivity contribution in [1.29, 1.82) is 0 Å². The van der Waals surface area contributed by atoms with Crippen molar-refractivity contribution in [3.8, 4) is 5.75 Å². The molecule has 1 aliphatic rings. The molecule has 7 nitrogen and oxygen atoms in total. The van der Waals surface area contributed by atoms with Crippen LogP contribution >= 0.6 is 0 Å². The van der Waals surface area contributed by atoms with Crippen LogP contribution < -0.4 is 19.3 Å². The molecule has 0 radical (unpaired) electrons. The van der Waals surface area contributed by atoms with Gasteiger partial charge in [-0.25, -0.2) is 8.42 Å². The molecule has 34 heavy (non-hydrogen) atoms. The van der Waals surface area contributed by atoms with Gasteiger partial charge >= 0.3 is 0 Å². The van der Waals surface area contributed by atoms with Crippen molar-refractivity contribution in [3.05, 3.63) is 54.1 Å². The summed E-state index contributed by atoms with van der Waals surface area (Å²) in [5, 5.41) is 3.03. The van der Waals surface area contributed by atoms with Crippen molar-refractivity contribution in [3.63, 3.8) is 0 Å². The third kappa shape index (κ3) is 7.13. The molecule has 2 aromatic rings. The molecule has 1 heterocycles. The normalized spacial score (nSPS) is 17.2. The second kappa shape index (κ2) is 11.6. The fourth-order valence-electron chi connectivity index (χ4n) is 4.43. The Morgan fingerprint density at radius 1 is 1.24 bits per heavy atom. The van der Waals surface area contributed by atoms with Gasteiger partial charge in [-0.05, 0) is 61.9 Å². The van der Waals surface area contributed by atoms with E-state index in [-0.39, 0.29) is 24.9 Å². The number of nitrogens with one attached hydrogen (secondary N) is 1. The van der Waals surface area contributed by atoms with Crippen molar-refractivity contribution in [2.75, 3.05) is 42.2 Å². The molecule has 0 aromatic heterocycles. The van der Waals surface area contributed by atoms with E-state index in [1.165, 1.54) is 36.2 Å². The van der Waals surface area contributed by atoms with E-state index in [4.69, 9.17) is 4.74 Å². The number of benzene rings is 2. The van der Waals surface area contributed by atoms with Gasteiger partial charge in [0.1, 0.15) is 5.75 Å². The van der Waals surface area contributed by atoms with Gasteiger partial charge in [-0.15, -0.1) is 0 Å². The zero-order valence-electron chi connectivity index (χ0n) is 20.7. The van der Waals surface area contributed by atoms with Gasteiger partial charge in [0.05, 0.1) is 25.1 Å². The Labute approximate surface area is 204 Å².